The molecule has 0 aliphatic rings. The Morgan fingerprint density at radius 2 is 2.28 bits per heavy atom. The molecule has 0 bridgehead atoms. The molecule has 0 aliphatic heterocycles. The van der Waals surface area contributed by atoms with Crippen molar-refractivity contribution >= 4 is 15.9 Å². The average molecular weight is 306 g/mol. The van der Waals surface area contributed by atoms with Gasteiger partial charge in [-0.3, -0.25) is 0 Å². The van der Waals surface area contributed by atoms with Crippen LogP contribution in [0.4, 0.5) is 0 Å². The van der Waals surface area contributed by atoms with Gasteiger partial charge in [0.1, 0.15) is 0 Å². The standard InChI is InChI=1S/C13H12BrN3O/c1-9-8-10(14)5-6-11(9)13-16-12(18-17-13)4-2-3-7-15/h5-6,8H,2-4H2,1H3. The summed E-state index contributed by atoms with van der Waals surface area (Å²) in [4.78, 5) is 4.34. The van der Waals surface area contributed by atoms with Crippen LogP contribution in [0.5, 0.6) is 0 Å². The molecule has 1 aromatic carbocycles. The van der Waals surface area contributed by atoms with Crippen LogP contribution < -0.4 is 0 Å². The first kappa shape index (κ1) is 12.8. The number of benzene rings is 1. The van der Waals surface area contributed by atoms with Crippen LogP contribution in [-0.2, 0) is 6.42 Å². The van der Waals surface area contributed by atoms with Gasteiger partial charge in [-0.15, -0.1) is 0 Å². The van der Waals surface area contributed by atoms with Gasteiger partial charge in [0.05, 0.1) is 6.07 Å². The van der Waals surface area contributed by atoms with Gasteiger partial charge in [-0.25, -0.2) is 0 Å². The molecule has 1 heterocycles. The van der Waals surface area contributed by atoms with Gasteiger partial charge in [0.25, 0.3) is 0 Å². The van der Waals surface area contributed by atoms with E-state index in [0.29, 0.717) is 24.6 Å². The van der Waals surface area contributed by atoms with Crippen molar-refractivity contribution in [2.75, 3.05) is 0 Å². The van der Waals surface area contributed by atoms with Crippen molar-refractivity contribution in [2.45, 2.75) is 26.2 Å². The first-order valence-electron chi connectivity index (χ1n) is 5.67. The molecule has 0 aliphatic carbocycles. The molecule has 0 atom stereocenters. The minimum atomic E-state index is 0.509. The quantitative estimate of drug-likeness (QED) is 0.809. The van der Waals surface area contributed by atoms with Gasteiger partial charge in [0.15, 0.2) is 0 Å². The van der Waals surface area contributed by atoms with Crippen LogP contribution in [-0.4, -0.2) is 10.1 Å². The third-order valence-electron chi connectivity index (χ3n) is 2.58. The number of nitriles is 1. The van der Waals surface area contributed by atoms with Gasteiger partial charge in [0, 0.05) is 22.9 Å². The number of rotatable bonds is 4. The van der Waals surface area contributed by atoms with Crippen molar-refractivity contribution < 1.29 is 4.52 Å². The zero-order chi connectivity index (χ0) is 13.0. The Labute approximate surface area is 114 Å². The Morgan fingerprint density at radius 3 is 3.00 bits per heavy atom. The van der Waals surface area contributed by atoms with Crippen molar-refractivity contribution in [3.8, 4) is 17.5 Å². The van der Waals surface area contributed by atoms with E-state index in [2.05, 4.69) is 32.1 Å². The van der Waals surface area contributed by atoms with Gasteiger partial charge in [-0.05, 0) is 37.1 Å². The lowest BCUT2D eigenvalue weighted by Crippen LogP contribution is -1.87. The molecule has 2 rings (SSSR count). The second kappa shape index (κ2) is 5.78. The summed E-state index contributed by atoms with van der Waals surface area (Å²) in [7, 11) is 0. The summed E-state index contributed by atoms with van der Waals surface area (Å²) in [5.74, 6) is 1.19. The molecule has 0 fully saturated rings. The number of hydrogen-bond acceptors (Lipinski definition) is 4. The fourth-order valence-electron chi connectivity index (χ4n) is 1.66. The maximum absolute atomic E-state index is 8.47. The second-order valence-electron chi connectivity index (χ2n) is 3.98. The molecule has 18 heavy (non-hydrogen) atoms. The van der Waals surface area contributed by atoms with Crippen molar-refractivity contribution in [2.24, 2.45) is 0 Å². The highest BCUT2D eigenvalue weighted by atomic mass is 79.9. The molecule has 92 valence electrons. The van der Waals surface area contributed by atoms with Crippen molar-refractivity contribution in [1.29, 1.82) is 5.26 Å². The molecule has 0 saturated heterocycles. The van der Waals surface area contributed by atoms with Gasteiger partial charge in [-0.1, -0.05) is 21.1 Å². The van der Waals surface area contributed by atoms with Crippen molar-refractivity contribution in [1.82, 2.24) is 10.1 Å². The van der Waals surface area contributed by atoms with E-state index in [1.807, 2.05) is 25.1 Å². The summed E-state index contributed by atoms with van der Waals surface area (Å²) in [6, 6.07) is 8.03. The van der Waals surface area contributed by atoms with E-state index in [-0.39, 0.29) is 0 Å². The highest BCUT2D eigenvalue weighted by Gasteiger charge is 2.10. The number of unbranched alkanes of at least 4 members (excludes halogenated alkanes) is 1. The van der Waals surface area contributed by atoms with Crippen LogP contribution >= 0.6 is 15.9 Å². The topological polar surface area (TPSA) is 62.7 Å². The number of nitrogens with zero attached hydrogens (tertiary/aromatic N) is 3. The van der Waals surface area contributed by atoms with Gasteiger partial charge >= 0.3 is 0 Å². The Balaban J connectivity index is 2.16. The molecular formula is C13H12BrN3O. The smallest absolute Gasteiger partial charge is 0.226 e. The van der Waals surface area contributed by atoms with E-state index in [4.69, 9.17) is 9.78 Å². The molecule has 1 aromatic heterocycles. The predicted molar refractivity (Wildman–Crippen MR) is 70.7 cm³/mol. The molecule has 5 heteroatoms. The molecule has 0 spiro atoms. The highest BCUT2D eigenvalue weighted by Crippen LogP contribution is 2.24. The summed E-state index contributed by atoms with van der Waals surface area (Å²) in [6.07, 6.45) is 1.91. The normalized spacial score (nSPS) is 10.3. The summed E-state index contributed by atoms with van der Waals surface area (Å²) < 4.78 is 6.20. The lowest BCUT2D eigenvalue weighted by molar-refractivity contribution is 0.376. The maximum Gasteiger partial charge on any atom is 0.226 e. The summed E-state index contributed by atoms with van der Waals surface area (Å²) in [5.41, 5.74) is 2.06. The number of aromatic nitrogens is 2. The Kier molecular flexibility index (Phi) is 4.11. The first-order valence-corrected chi connectivity index (χ1v) is 6.46. The van der Waals surface area contributed by atoms with Crippen molar-refractivity contribution in [3.05, 3.63) is 34.1 Å². The Hall–Kier alpha value is -1.67. The lowest BCUT2D eigenvalue weighted by Gasteiger charge is -2.00. The van der Waals surface area contributed by atoms with E-state index in [9.17, 15) is 0 Å². The zero-order valence-electron chi connectivity index (χ0n) is 9.98. The fourth-order valence-corrected chi connectivity index (χ4v) is 2.14. The molecule has 2 aromatic rings. The van der Waals surface area contributed by atoms with Gasteiger partial charge < -0.3 is 4.52 Å². The number of aryl methyl sites for hydroxylation is 2. The van der Waals surface area contributed by atoms with Crippen LogP contribution in [0.25, 0.3) is 11.4 Å². The third kappa shape index (κ3) is 2.96. The number of hydrogen-bond donors (Lipinski definition) is 0. The largest absolute Gasteiger partial charge is 0.339 e. The third-order valence-corrected chi connectivity index (χ3v) is 3.07. The SMILES string of the molecule is Cc1cc(Br)ccc1-c1noc(CCCC#N)n1. The summed E-state index contributed by atoms with van der Waals surface area (Å²) in [5, 5.41) is 12.4. The Bertz CT molecular complexity index is 586. The summed E-state index contributed by atoms with van der Waals surface area (Å²) >= 11 is 3.42. The van der Waals surface area contributed by atoms with E-state index in [1.165, 1.54) is 0 Å². The minimum absolute atomic E-state index is 0.509. The molecule has 0 amide bonds. The van der Waals surface area contributed by atoms with Crippen LogP contribution in [0.2, 0.25) is 0 Å². The van der Waals surface area contributed by atoms with Crippen LogP contribution in [0.15, 0.2) is 27.2 Å². The summed E-state index contributed by atoms with van der Waals surface area (Å²) in [6.45, 7) is 2.01. The molecule has 0 radical (unpaired) electrons. The average Bonchev–Trinajstić information content (AvgIpc) is 2.78. The number of halogens is 1. The van der Waals surface area contributed by atoms with E-state index in [1.54, 1.807) is 0 Å². The van der Waals surface area contributed by atoms with Crippen molar-refractivity contribution in [3.63, 3.8) is 0 Å². The predicted octanol–water partition coefficient (Wildman–Crippen LogP) is 3.65. The highest BCUT2D eigenvalue weighted by molar-refractivity contribution is 9.10. The zero-order valence-corrected chi connectivity index (χ0v) is 11.6. The van der Waals surface area contributed by atoms with E-state index in [0.717, 1.165) is 22.0 Å². The molecular weight excluding hydrogens is 294 g/mol. The maximum atomic E-state index is 8.47. The second-order valence-corrected chi connectivity index (χ2v) is 4.90. The van der Waals surface area contributed by atoms with E-state index < -0.39 is 0 Å². The minimum Gasteiger partial charge on any atom is -0.339 e. The van der Waals surface area contributed by atoms with Gasteiger partial charge in [-0.2, -0.15) is 10.2 Å². The van der Waals surface area contributed by atoms with Crippen LogP contribution in [0, 0.1) is 18.3 Å². The van der Waals surface area contributed by atoms with Gasteiger partial charge in [0.2, 0.25) is 11.7 Å². The Morgan fingerprint density at radius 1 is 1.44 bits per heavy atom. The molecule has 0 saturated carbocycles. The monoisotopic (exact) mass is 305 g/mol. The van der Waals surface area contributed by atoms with Crippen LogP contribution in [0.3, 0.4) is 0 Å². The van der Waals surface area contributed by atoms with Crippen LogP contribution in [0.1, 0.15) is 24.3 Å². The fraction of sp³-hybridized carbons (Fsp3) is 0.308. The lowest BCUT2D eigenvalue weighted by atomic mass is 10.1. The molecule has 4 nitrogen and oxygen atoms in total. The molecule has 0 unspecified atom stereocenters. The van der Waals surface area contributed by atoms with E-state index >= 15 is 0 Å². The molecule has 0 N–H and O–H groups in total. The first-order chi connectivity index (χ1) is 8.70.